The van der Waals surface area contributed by atoms with Gasteiger partial charge in [0.15, 0.2) is 0 Å². The Hall–Kier alpha value is -4.17. The Bertz CT molecular complexity index is 1530. The highest BCUT2D eigenvalue weighted by atomic mass is 16.3. The molecule has 40 heavy (non-hydrogen) atoms. The molecular formula is C32H35N5O3. The number of aryl methyl sites for hydroxylation is 2. The van der Waals surface area contributed by atoms with Crippen molar-refractivity contribution in [1.82, 2.24) is 19.4 Å². The van der Waals surface area contributed by atoms with Crippen LogP contribution in [-0.2, 0) is 7.05 Å². The molecule has 206 valence electrons. The number of rotatable bonds is 4. The molecule has 2 fully saturated rings. The molecule has 2 aromatic carbocycles. The van der Waals surface area contributed by atoms with Gasteiger partial charge in [0.05, 0.1) is 22.9 Å². The maximum atomic E-state index is 14.1. The van der Waals surface area contributed by atoms with E-state index in [1.165, 1.54) is 0 Å². The summed E-state index contributed by atoms with van der Waals surface area (Å²) in [6.07, 6.45) is 2.56. The number of carbonyl (C=O) groups excluding carboxylic acids is 2. The SMILES string of the molecule is Cc1ccc2c(c1)c(C(=O)N1CCN(c3ccc(C(=O)N4CCC(O)CC4)cn3)CC1)c(-c1ccccc1)n2C. The van der Waals surface area contributed by atoms with Crippen LogP contribution in [0, 0.1) is 6.92 Å². The van der Waals surface area contributed by atoms with E-state index >= 15 is 0 Å². The van der Waals surface area contributed by atoms with Gasteiger partial charge in [0.2, 0.25) is 0 Å². The van der Waals surface area contributed by atoms with E-state index in [0.29, 0.717) is 57.7 Å². The lowest BCUT2D eigenvalue weighted by Gasteiger charge is -2.35. The molecule has 8 heteroatoms. The quantitative estimate of drug-likeness (QED) is 0.424. The van der Waals surface area contributed by atoms with Crippen molar-refractivity contribution in [2.75, 3.05) is 44.2 Å². The van der Waals surface area contributed by atoms with E-state index in [1.54, 1.807) is 11.1 Å². The van der Waals surface area contributed by atoms with Gasteiger partial charge >= 0.3 is 0 Å². The number of aliphatic hydroxyl groups excluding tert-OH is 1. The molecule has 2 aliphatic heterocycles. The van der Waals surface area contributed by atoms with Gasteiger partial charge < -0.3 is 24.4 Å². The van der Waals surface area contributed by atoms with E-state index in [-0.39, 0.29) is 17.9 Å². The minimum absolute atomic E-state index is 0.0408. The molecule has 2 saturated heterocycles. The Labute approximate surface area is 234 Å². The number of hydrogen-bond donors (Lipinski definition) is 1. The van der Waals surface area contributed by atoms with Gasteiger partial charge in [-0.1, -0.05) is 42.0 Å². The molecule has 2 amide bonds. The number of aliphatic hydroxyl groups is 1. The lowest BCUT2D eigenvalue weighted by atomic mass is 10.0. The van der Waals surface area contributed by atoms with Gasteiger partial charge in [0, 0.05) is 63.4 Å². The number of benzene rings is 2. The van der Waals surface area contributed by atoms with Crippen LogP contribution in [0.2, 0.25) is 0 Å². The van der Waals surface area contributed by atoms with Crippen LogP contribution in [0.5, 0.6) is 0 Å². The molecule has 0 atom stereocenters. The first-order valence-electron chi connectivity index (χ1n) is 14.0. The summed E-state index contributed by atoms with van der Waals surface area (Å²) >= 11 is 0. The van der Waals surface area contributed by atoms with Crippen molar-refractivity contribution < 1.29 is 14.7 Å². The molecule has 0 unspecified atom stereocenters. The molecular weight excluding hydrogens is 502 g/mol. The number of likely N-dealkylation sites (tertiary alicyclic amines) is 1. The van der Waals surface area contributed by atoms with Crippen molar-refractivity contribution in [3.05, 3.63) is 83.6 Å². The zero-order chi connectivity index (χ0) is 27.8. The van der Waals surface area contributed by atoms with Crippen LogP contribution >= 0.6 is 0 Å². The summed E-state index contributed by atoms with van der Waals surface area (Å²) in [6, 6.07) is 20.2. The van der Waals surface area contributed by atoms with E-state index in [2.05, 4.69) is 51.7 Å². The van der Waals surface area contributed by atoms with Gasteiger partial charge in [-0.3, -0.25) is 9.59 Å². The summed E-state index contributed by atoms with van der Waals surface area (Å²) in [7, 11) is 2.03. The van der Waals surface area contributed by atoms with E-state index in [0.717, 1.165) is 39.1 Å². The third kappa shape index (κ3) is 4.84. The molecule has 1 N–H and O–H groups in total. The number of amides is 2. The minimum Gasteiger partial charge on any atom is -0.393 e. The summed E-state index contributed by atoms with van der Waals surface area (Å²) in [5.41, 5.74) is 5.47. The highest BCUT2D eigenvalue weighted by Crippen LogP contribution is 2.35. The third-order valence-corrected chi connectivity index (χ3v) is 8.25. The number of anilines is 1. The summed E-state index contributed by atoms with van der Waals surface area (Å²) in [6.45, 7) is 5.72. The fourth-order valence-corrected chi connectivity index (χ4v) is 5.96. The van der Waals surface area contributed by atoms with Crippen molar-refractivity contribution in [2.45, 2.75) is 25.9 Å². The van der Waals surface area contributed by atoms with Crippen LogP contribution in [0.1, 0.15) is 39.1 Å². The molecule has 0 bridgehead atoms. The van der Waals surface area contributed by atoms with Crippen LogP contribution in [0.3, 0.4) is 0 Å². The van der Waals surface area contributed by atoms with Gasteiger partial charge in [-0.25, -0.2) is 4.98 Å². The smallest absolute Gasteiger partial charge is 0.256 e. The molecule has 0 aliphatic carbocycles. The average Bonchev–Trinajstić information content (AvgIpc) is 3.28. The van der Waals surface area contributed by atoms with Crippen molar-refractivity contribution in [1.29, 1.82) is 0 Å². The number of carbonyl (C=O) groups is 2. The fourth-order valence-electron chi connectivity index (χ4n) is 5.96. The molecule has 2 aromatic heterocycles. The van der Waals surface area contributed by atoms with Crippen LogP contribution in [-0.4, -0.2) is 81.6 Å². The standard InChI is InChI=1S/C32H35N5O3/c1-22-8-10-27-26(20-22)29(30(34(27)2)23-6-4-3-5-7-23)32(40)37-18-16-35(17-19-37)28-11-9-24(21-33-28)31(39)36-14-12-25(38)13-15-36/h3-11,20-21,25,38H,12-19H2,1-2H3. The van der Waals surface area contributed by atoms with Crippen LogP contribution < -0.4 is 4.90 Å². The second-order valence-corrected chi connectivity index (χ2v) is 10.9. The first kappa shape index (κ1) is 26.1. The fraction of sp³-hybridized carbons (Fsp3) is 0.344. The second-order valence-electron chi connectivity index (χ2n) is 10.9. The highest BCUT2D eigenvalue weighted by molar-refractivity contribution is 6.13. The van der Waals surface area contributed by atoms with E-state index < -0.39 is 0 Å². The van der Waals surface area contributed by atoms with Gasteiger partial charge in [-0.15, -0.1) is 0 Å². The predicted molar refractivity (Wildman–Crippen MR) is 157 cm³/mol. The van der Waals surface area contributed by atoms with Crippen molar-refractivity contribution in [2.24, 2.45) is 7.05 Å². The maximum Gasteiger partial charge on any atom is 0.256 e. The number of aromatic nitrogens is 2. The molecule has 6 rings (SSSR count). The van der Waals surface area contributed by atoms with Crippen LogP contribution in [0.4, 0.5) is 5.82 Å². The van der Waals surface area contributed by atoms with E-state index in [9.17, 15) is 14.7 Å². The topological polar surface area (TPSA) is 81.9 Å². The number of pyridine rings is 1. The Morgan fingerprint density at radius 3 is 2.23 bits per heavy atom. The Morgan fingerprint density at radius 1 is 0.850 bits per heavy atom. The second kappa shape index (κ2) is 10.8. The molecule has 0 saturated carbocycles. The normalized spacial score (nSPS) is 16.5. The first-order chi connectivity index (χ1) is 19.4. The summed E-state index contributed by atoms with van der Waals surface area (Å²) in [4.78, 5) is 37.4. The number of piperidine rings is 1. The summed E-state index contributed by atoms with van der Waals surface area (Å²) in [5, 5.41) is 10.7. The van der Waals surface area contributed by atoms with E-state index in [4.69, 9.17) is 0 Å². The highest BCUT2D eigenvalue weighted by Gasteiger charge is 2.29. The number of fused-ring (bicyclic) bond motifs is 1. The molecule has 8 nitrogen and oxygen atoms in total. The third-order valence-electron chi connectivity index (χ3n) is 8.25. The Balaban J connectivity index is 1.19. The first-order valence-corrected chi connectivity index (χ1v) is 14.0. The lowest BCUT2D eigenvalue weighted by Crippen LogP contribution is -2.49. The zero-order valence-corrected chi connectivity index (χ0v) is 23.1. The van der Waals surface area contributed by atoms with Crippen molar-refractivity contribution >= 4 is 28.5 Å². The Kier molecular flexibility index (Phi) is 7.02. The van der Waals surface area contributed by atoms with Crippen LogP contribution in [0.15, 0.2) is 66.9 Å². The summed E-state index contributed by atoms with van der Waals surface area (Å²) < 4.78 is 2.13. The molecule has 4 heterocycles. The van der Waals surface area contributed by atoms with Crippen LogP contribution in [0.25, 0.3) is 22.2 Å². The molecule has 4 aromatic rings. The largest absolute Gasteiger partial charge is 0.393 e. The van der Waals surface area contributed by atoms with Crippen molar-refractivity contribution in [3.8, 4) is 11.3 Å². The van der Waals surface area contributed by atoms with Gasteiger partial charge in [0.25, 0.3) is 11.8 Å². The lowest BCUT2D eigenvalue weighted by molar-refractivity contribution is 0.0545. The molecule has 0 spiro atoms. The predicted octanol–water partition coefficient (Wildman–Crippen LogP) is 4.11. The Morgan fingerprint density at radius 2 is 1.55 bits per heavy atom. The minimum atomic E-state index is -0.315. The average molecular weight is 538 g/mol. The van der Waals surface area contributed by atoms with Crippen molar-refractivity contribution in [3.63, 3.8) is 0 Å². The van der Waals surface area contributed by atoms with E-state index in [1.807, 2.05) is 42.3 Å². The van der Waals surface area contributed by atoms with Gasteiger partial charge in [0.1, 0.15) is 5.82 Å². The van der Waals surface area contributed by atoms with Gasteiger partial charge in [-0.2, -0.15) is 0 Å². The molecule has 0 radical (unpaired) electrons. The zero-order valence-electron chi connectivity index (χ0n) is 23.1. The summed E-state index contributed by atoms with van der Waals surface area (Å²) in [5.74, 6) is 0.819. The maximum absolute atomic E-state index is 14.1. The molecule has 2 aliphatic rings. The number of piperazine rings is 1. The number of hydrogen-bond acceptors (Lipinski definition) is 5. The number of nitrogens with zero attached hydrogens (tertiary/aromatic N) is 5. The monoisotopic (exact) mass is 537 g/mol. The van der Waals surface area contributed by atoms with Gasteiger partial charge in [-0.05, 0) is 49.6 Å².